The number of hydrogen-bond donors (Lipinski definition) is 1. The molecule has 1 saturated carbocycles. The summed E-state index contributed by atoms with van der Waals surface area (Å²) in [4.78, 5) is 24.6. The first-order chi connectivity index (χ1) is 11.8. The number of aliphatic hydroxyl groups is 1. The van der Waals surface area contributed by atoms with Crippen LogP contribution in [0.25, 0.3) is 0 Å². The topological polar surface area (TPSA) is 72.8 Å². The third-order valence-corrected chi connectivity index (χ3v) is 5.32. The third kappa shape index (κ3) is 4.84. The summed E-state index contributed by atoms with van der Waals surface area (Å²) in [6.07, 6.45) is 7.65. The largest absolute Gasteiger partial charge is 0.465 e. The van der Waals surface area contributed by atoms with Gasteiger partial charge in [0.25, 0.3) is 0 Å². The molecule has 1 aliphatic rings. The normalized spacial score (nSPS) is 22.2. The Balaban J connectivity index is 2.90. The minimum atomic E-state index is -1.23. The highest BCUT2D eigenvalue weighted by molar-refractivity contribution is 6.04. The Kier molecular flexibility index (Phi) is 8.13. The van der Waals surface area contributed by atoms with E-state index >= 15 is 0 Å². The summed E-state index contributed by atoms with van der Waals surface area (Å²) >= 11 is 0. The Bertz CT molecular complexity index is 466. The van der Waals surface area contributed by atoms with Crippen molar-refractivity contribution in [1.29, 1.82) is 0 Å². The van der Waals surface area contributed by atoms with Crippen molar-refractivity contribution < 1.29 is 24.2 Å². The molecule has 0 aromatic carbocycles. The second-order valence-electron chi connectivity index (χ2n) is 6.97. The van der Waals surface area contributed by atoms with Gasteiger partial charge in [0.1, 0.15) is 0 Å². The molecule has 1 fully saturated rings. The van der Waals surface area contributed by atoms with Gasteiger partial charge in [-0.2, -0.15) is 0 Å². The first-order valence-corrected chi connectivity index (χ1v) is 9.58. The lowest BCUT2D eigenvalue weighted by Gasteiger charge is -2.30. The maximum atomic E-state index is 12.3. The lowest BCUT2D eigenvalue weighted by Crippen LogP contribution is -2.34. The zero-order valence-corrected chi connectivity index (χ0v) is 16.3. The molecule has 5 nitrogen and oxygen atoms in total. The predicted octanol–water partition coefficient (Wildman–Crippen LogP) is 3.64. The third-order valence-electron chi connectivity index (χ3n) is 5.32. The van der Waals surface area contributed by atoms with Gasteiger partial charge in [0, 0.05) is 5.92 Å². The zero-order chi connectivity index (χ0) is 19.1. The average molecular weight is 354 g/mol. The highest BCUT2D eigenvalue weighted by Crippen LogP contribution is 2.55. The molecule has 25 heavy (non-hydrogen) atoms. The van der Waals surface area contributed by atoms with E-state index in [-0.39, 0.29) is 25.0 Å². The smallest absolute Gasteiger partial charge is 0.324 e. The molecule has 0 bridgehead atoms. The van der Waals surface area contributed by atoms with E-state index in [0.717, 1.165) is 19.3 Å². The molecule has 0 heterocycles. The quantitative estimate of drug-likeness (QED) is 0.348. The second-order valence-corrected chi connectivity index (χ2v) is 6.97. The van der Waals surface area contributed by atoms with Crippen LogP contribution in [0.3, 0.4) is 0 Å². The molecular weight excluding hydrogens is 320 g/mol. The van der Waals surface area contributed by atoms with Crippen molar-refractivity contribution in [3.63, 3.8) is 0 Å². The molecule has 0 spiro atoms. The van der Waals surface area contributed by atoms with E-state index in [0.29, 0.717) is 12.8 Å². The van der Waals surface area contributed by atoms with Crippen LogP contribution in [0, 0.1) is 17.3 Å². The summed E-state index contributed by atoms with van der Waals surface area (Å²) in [5.74, 6) is -1.21. The number of allylic oxidation sites excluding steroid dienone is 1. The summed E-state index contributed by atoms with van der Waals surface area (Å²) in [5.41, 5.74) is -2.16. The van der Waals surface area contributed by atoms with Gasteiger partial charge in [0.05, 0.1) is 18.8 Å². The van der Waals surface area contributed by atoms with E-state index in [1.807, 2.05) is 13.8 Å². The summed E-state index contributed by atoms with van der Waals surface area (Å²) < 4.78 is 10.2. The predicted molar refractivity (Wildman–Crippen MR) is 96.9 cm³/mol. The molecule has 0 radical (unpaired) electrons. The number of unbranched alkanes of at least 4 members (excludes halogenated alkanes) is 1. The van der Waals surface area contributed by atoms with Gasteiger partial charge in [-0.05, 0) is 39.0 Å². The number of ether oxygens (including phenoxy) is 2. The monoisotopic (exact) mass is 354 g/mol. The van der Waals surface area contributed by atoms with Crippen LogP contribution < -0.4 is 0 Å². The van der Waals surface area contributed by atoms with Crippen LogP contribution in [0.1, 0.15) is 66.7 Å². The van der Waals surface area contributed by atoms with E-state index in [9.17, 15) is 14.7 Å². The van der Waals surface area contributed by atoms with Crippen molar-refractivity contribution in [3.05, 3.63) is 12.2 Å². The van der Waals surface area contributed by atoms with Crippen molar-refractivity contribution in [2.75, 3.05) is 13.2 Å². The van der Waals surface area contributed by atoms with Gasteiger partial charge in [-0.1, -0.05) is 45.8 Å². The van der Waals surface area contributed by atoms with Crippen molar-refractivity contribution in [1.82, 2.24) is 0 Å². The lowest BCUT2D eigenvalue weighted by molar-refractivity contribution is -0.164. The van der Waals surface area contributed by atoms with Gasteiger partial charge in [-0.3, -0.25) is 9.59 Å². The number of carbonyl (C=O) groups is 2. The molecule has 1 N–H and O–H groups in total. The molecule has 0 aliphatic heterocycles. The van der Waals surface area contributed by atoms with Crippen LogP contribution >= 0.6 is 0 Å². The summed E-state index contributed by atoms with van der Waals surface area (Å²) in [6.45, 7) is 10.0. The number of esters is 2. The molecule has 0 saturated heterocycles. The fourth-order valence-corrected chi connectivity index (χ4v) is 3.27. The number of carbonyl (C=O) groups excluding carboxylic acids is 2. The molecule has 3 unspecified atom stereocenters. The SMILES string of the molecule is CCCCC(C)C(O)(C=CC1CC1(C(=O)OCC)C(=O)OCC)CC. The average Bonchev–Trinajstić information content (AvgIpc) is 3.34. The molecule has 0 amide bonds. The summed E-state index contributed by atoms with van der Waals surface area (Å²) in [6, 6.07) is 0. The Labute approximate surface area is 151 Å². The molecule has 1 rings (SSSR count). The Morgan fingerprint density at radius 3 is 2.20 bits per heavy atom. The van der Waals surface area contributed by atoms with Gasteiger partial charge in [0.2, 0.25) is 0 Å². The van der Waals surface area contributed by atoms with Crippen molar-refractivity contribution in [3.8, 4) is 0 Å². The van der Waals surface area contributed by atoms with Gasteiger partial charge >= 0.3 is 11.9 Å². The molecular formula is C20H34O5. The van der Waals surface area contributed by atoms with Crippen LogP contribution in [0.2, 0.25) is 0 Å². The Hall–Kier alpha value is -1.36. The Morgan fingerprint density at radius 1 is 1.20 bits per heavy atom. The van der Waals surface area contributed by atoms with E-state index in [1.165, 1.54) is 0 Å². The molecule has 0 aromatic rings. The Morgan fingerprint density at radius 2 is 1.76 bits per heavy atom. The van der Waals surface area contributed by atoms with Gasteiger partial charge in [-0.25, -0.2) is 0 Å². The maximum Gasteiger partial charge on any atom is 0.324 e. The van der Waals surface area contributed by atoms with Gasteiger partial charge in [0.15, 0.2) is 5.41 Å². The molecule has 5 heteroatoms. The van der Waals surface area contributed by atoms with E-state index in [2.05, 4.69) is 6.92 Å². The van der Waals surface area contributed by atoms with Crippen molar-refractivity contribution in [2.45, 2.75) is 72.3 Å². The summed E-state index contributed by atoms with van der Waals surface area (Å²) in [7, 11) is 0. The van der Waals surface area contributed by atoms with Crippen LogP contribution in [-0.2, 0) is 19.1 Å². The van der Waals surface area contributed by atoms with E-state index in [4.69, 9.17) is 9.47 Å². The standard InChI is InChI=1S/C20H34O5/c1-6-10-11-15(5)19(23,7-2)13-12-16-14-20(16,17(21)24-8-3)18(22)25-9-4/h12-13,15-16,23H,6-11,14H2,1-5H3. The van der Waals surface area contributed by atoms with Gasteiger partial charge in [-0.15, -0.1) is 0 Å². The lowest BCUT2D eigenvalue weighted by atomic mass is 9.82. The first kappa shape index (κ1) is 21.7. The zero-order valence-electron chi connectivity index (χ0n) is 16.3. The fraction of sp³-hybridized carbons (Fsp3) is 0.800. The van der Waals surface area contributed by atoms with E-state index in [1.54, 1.807) is 26.0 Å². The fourth-order valence-electron chi connectivity index (χ4n) is 3.27. The minimum absolute atomic E-state index is 0.118. The highest BCUT2D eigenvalue weighted by Gasteiger charge is 2.67. The first-order valence-electron chi connectivity index (χ1n) is 9.58. The minimum Gasteiger partial charge on any atom is -0.465 e. The van der Waals surface area contributed by atoms with Gasteiger partial charge < -0.3 is 14.6 Å². The molecule has 0 aromatic heterocycles. The van der Waals surface area contributed by atoms with Crippen molar-refractivity contribution in [2.24, 2.45) is 17.3 Å². The summed E-state index contributed by atoms with van der Waals surface area (Å²) in [5, 5.41) is 10.9. The number of hydrogen-bond acceptors (Lipinski definition) is 5. The van der Waals surface area contributed by atoms with Crippen LogP contribution in [-0.4, -0.2) is 35.9 Å². The molecule has 1 aliphatic carbocycles. The van der Waals surface area contributed by atoms with E-state index < -0.39 is 23.0 Å². The second kappa shape index (κ2) is 9.37. The number of rotatable bonds is 11. The van der Waals surface area contributed by atoms with Crippen LogP contribution in [0.15, 0.2) is 12.2 Å². The van der Waals surface area contributed by atoms with Crippen molar-refractivity contribution >= 4 is 11.9 Å². The molecule has 144 valence electrons. The maximum absolute atomic E-state index is 12.3. The van der Waals surface area contributed by atoms with Crippen LogP contribution in [0.5, 0.6) is 0 Å². The molecule has 3 atom stereocenters. The van der Waals surface area contributed by atoms with Crippen LogP contribution in [0.4, 0.5) is 0 Å². The highest BCUT2D eigenvalue weighted by atomic mass is 16.6.